The van der Waals surface area contributed by atoms with Gasteiger partial charge in [-0.25, -0.2) is 4.98 Å². The van der Waals surface area contributed by atoms with Gasteiger partial charge in [0.2, 0.25) is 0 Å². The number of aromatic nitrogens is 1. The zero-order valence-corrected chi connectivity index (χ0v) is 15.1. The number of anilines is 1. The molecular weight excluding hydrogens is 282 g/mol. The third-order valence-electron chi connectivity index (χ3n) is 3.19. The van der Waals surface area contributed by atoms with E-state index in [1.807, 2.05) is 18.3 Å². The van der Waals surface area contributed by atoms with Gasteiger partial charge in [0, 0.05) is 31.6 Å². The average Bonchev–Trinajstić information content (AvgIpc) is 2.82. The number of nitrogens with zero attached hydrogens (tertiary/aromatic N) is 2. The Kier molecular flexibility index (Phi) is 8.88. The van der Waals surface area contributed by atoms with Crippen LogP contribution in [0.3, 0.4) is 0 Å². The summed E-state index contributed by atoms with van der Waals surface area (Å²) < 4.78 is 5.42. The molecule has 1 heterocycles. The lowest BCUT2D eigenvalue weighted by molar-refractivity contribution is 0.154. The largest absolute Gasteiger partial charge is 0.380 e. The van der Waals surface area contributed by atoms with Crippen molar-refractivity contribution in [2.45, 2.75) is 47.1 Å². The summed E-state index contributed by atoms with van der Waals surface area (Å²) in [7, 11) is 2.10. The van der Waals surface area contributed by atoms with Crippen molar-refractivity contribution >= 4 is 16.5 Å². The zero-order valence-electron chi connectivity index (χ0n) is 14.2. The van der Waals surface area contributed by atoms with E-state index < -0.39 is 0 Å². The molecule has 0 atom stereocenters. The normalized spacial score (nSPS) is 11.3. The van der Waals surface area contributed by atoms with Crippen LogP contribution in [0.15, 0.2) is 0 Å². The van der Waals surface area contributed by atoms with Gasteiger partial charge in [-0.15, -0.1) is 11.3 Å². The molecule has 0 unspecified atom stereocenters. The van der Waals surface area contributed by atoms with Crippen LogP contribution in [-0.2, 0) is 17.7 Å². The molecule has 4 nitrogen and oxygen atoms in total. The van der Waals surface area contributed by atoms with E-state index in [1.165, 1.54) is 10.6 Å². The highest BCUT2D eigenvalue weighted by atomic mass is 32.1. The maximum absolute atomic E-state index is 5.42. The van der Waals surface area contributed by atoms with Gasteiger partial charge < -0.3 is 15.0 Å². The van der Waals surface area contributed by atoms with Crippen LogP contribution in [0.1, 0.15) is 44.7 Å². The molecule has 0 aromatic carbocycles. The van der Waals surface area contributed by atoms with Crippen molar-refractivity contribution in [3.63, 3.8) is 0 Å². The molecule has 1 N–H and O–H groups in total. The minimum atomic E-state index is 0.681. The summed E-state index contributed by atoms with van der Waals surface area (Å²) in [6.07, 6.45) is 2.21. The standard InChI is InChI=1S/C16H31N3OS/c1-6-8-14-15(12-17-11-13(3)4)21-16(18-14)19(5)9-10-20-7-2/h13,17H,6-12H2,1-5H3. The van der Waals surface area contributed by atoms with Crippen LogP contribution in [0, 0.1) is 5.92 Å². The fourth-order valence-electron chi connectivity index (χ4n) is 2.02. The third-order valence-corrected chi connectivity index (χ3v) is 4.41. The molecule has 0 spiro atoms. The number of rotatable bonds is 11. The first kappa shape index (κ1) is 18.4. The van der Waals surface area contributed by atoms with Gasteiger partial charge in [-0.2, -0.15) is 0 Å². The fraction of sp³-hybridized carbons (Fsp3) is 0.812. The van der Waals surface area contributed by atoms with Gasteiger partial charge in [0.1, 0.15) is 0 Å². The Hall–Kier alpha value is -0.650. The fourth-order valence-corrected chi connectivity index (χ4v) is 3.08. The Morgan fingerprint density at radius 1 is 1.33 bits per heavy atom. The van der Waals surface area contributed by atoms with E-state index in [9.17, 15) is 0 Å². The van der Waals surface area contributed by atoms with E-state index in [0.717, 1.165) is 50.8 Å². The first-order chi connectivity index (χ1) is 10.1. The Morgan fingerprint density at radius 3 is 2.71 bits per heavy atom. The van der Waals surface area contributed by atoms with E-state index in [0.29, 0.717) is 5.92 Å². The highest BCUT2D eigenvalue weighted by Gasteiger charge is 2.13. The first-order valence-electron chi connectivity index (χ1n) is 8.06. The van der Waals surface area contributed by atoms with Gasteiger partial charge in [-0.1, -0.05) is 27.2 Å². The molecule has 1 rings (SSSR count). The Balaban J connectivity index is 2.63. The summed E-state index contributed by atoms with van der Waals surface area (Å²) in [5.74, 6) is 0.681. The Labute approximate surface area is 133 Å². The highest BCUT2D eigenvalue weighted by Crippen LogP contribution is 2.26. The van der Waals surface area contributed by atoms with Crippen molar-refractivity contribution in [3.8, 4) is 0 Å². The molecule has 0 aliphatic heterocycles. The van der Waals surface area contributed by atoms with E-state index in [1.54, 1.807) is 0 Å². The molecule has 122 valence electrons. The van der Waals surface area contributed by atoms with E-state index in [-0.39, 0.29) is 0 Å². The van der Waals surface area contributed by atoms with Crippen LogP contribution in [0.4, 0.5) is 5.13 Å². The van der Waals surface area contributed by atoms with Gasteiger partial charge >= 0.3 is 0 Å². The van der Waals surface area contributed by atoms with Crippen LogP contribution in [0.5, 0.6) is 0 Å². The van der Waals surface area contributed by atoms with Gasteiger partial charge in [0.05, 0.1) is 12.3 Å². The molecule has 21 heavy (non-hydrogen) atoms. The smallest absolute Gasteiger partial charge is 0.185 e. The van der Waals surface area contributed by atoms with Crippen LogP contribution in [-0.4, -0.2) is 38.3 Å². The minimum Gasteiger partial charge on any atom is -0.380 e. The van der Waals surface area contributed by atoms with Gasteiger partial charge in [-0.05, 0) is 25.8 Å². The van der Waals surface area contributed by atoms with Gasteiger partial charge in [0.25, 0.3) is 0 Å². The molecule has 0 aliphatic carbocycles. The second-order valence-corrected chi connectivity index (χ2v) is 6.82. The van der Waals surface area contributed by atoms with Crippen LogP contribution >= 0.6 is 11.3 Å². The van der Waals surface area contributed by atoms with Crippen LogP contribution in [0.25, 0.3) is 0 Å². The maximum Gasteiger partial charge on any atom is 0.185 e. The quantitative estimate of drug-likeness (QED) is 0.636. The summed E-state index contributed by atoms with van der Waals surface area (Å²) in [5, 5.41) is 4.64. The van der Waals surface area contributed by atoms with E-state index >= 15 is 0 Å². The lowest BCUT2D eigenvalue weighted by atomic mass is 10.2. The second kappa shape index (κ2) is 10.1. The van der Waals surface area contributed by atoms with Crippen molar-refractivity contribution in [3.05, 3.63) is 10.6 Å². The summed E-state index contributed by atoms with van der Waals surface area (Å²) in [4.78, 5) is 8.41. The number of likely N-dealkylation sites (N-methyl/N-ethyl adjacent to an activating group) is 1. The lowest BCUT2D eigenvalue weighted by Gasteiger charge is -2.15. The van der Waals surface area contributed by atoms with Crippen molar-refractivity contribution < 1.29 is 4.74 Å². The topological polar surface area (TPSA) is 37.4 Å². The monoisotopic (exact) mass is 313 g/mol. The average molecular weight is 314 g/mol. The third kappa shape index (κ3) is 6.76. The summed E-state index contributed by atoms with van der Waals surface area (Å²) >= 11 is 1.81. The summed E-state index contributed by atoms with van der Waals surface area (Å²) in [6.45, 7) is 13.1. The number of nitrogens with one attached hydrogen (secondary N) is 1. The molecule has 0 radical (unpaired) electrons. The summed E-state index contributed by atoms with van der Waals surface area (Å²) in [5.41, 5.74) is 1.26. The van der Waals surface area contributed by atoms with E-state index in [2.05, 4.69) is 38.0 Å². The molecule has 1 aromatic heterocycles. The predicted octanol–water partition coefficient (Wildman–Crippen LogP) is 3.31. The molecule has 0 bridgehead atoms. The molecule has 0 fully saturated rings. The zero-order chi connectivity index (χ0) is 15.7. The Morgan fingerprint density at radius 2 is 2.10 bits per heavy atom. The van der Waals surface area contributed by atoms with Crippen molar-refractivity contribution in [1.82, 2.24) is 10.3 Å². The molecule has 0 saturated carbocycles. The minimum absolute atomic E-state index is 0.681. The van der Waals surface area contributed by atoms with Gasteiger partial charge in [-0.3, -0.25) is 0 Å². The van der Waals surface area contributed by atoms with Crippen LogP contribution < -0.4 is 10.2 Å². The maximum atomic E-state index is 5.42. The number of hydrogen-bond donors (Lipinski definition) is 1. The Bertz CT molecular complexity index is 393. The summed E-state index contributed by atoms with van der Waals surface area (Å²) in [6, 6.07) is 0. The molecule has 0 aliphatic rings. The number of aryl methyl sites for hydroxylation is 1. The SMILES string of the molecule is CCCc1nc(N(C)CCOCC)sc1CNCC(C)C. The van der Waals surface area contributed by atoms with Crippen molar-refractivity contribution in [1.29, 1.82) is 0 Å². The molecule has 1 aromatic rings. The second-order valence-electron chi connectivity index (χ2n) is 5.76. The van der Waals surface area contributed by atoms with E-state index in [4.69, 9.17) is 9.72 Å². The van der Waals surface area contributed by atoms with Gasteiger partial charge in [0.15, 0.2) is 5.13 Å². The van der Waals surface area contributed by atoms with Crippen LogP contribution in [0.2, 0.25) is 0 Å². The highest BCUT2D eigenvalue weighted by molar-refractivity contribution is 7.15. The molecule has 0 amide bonds. The van der Waals surface area contributed by atoms with Crippen molar-refractivity contribution in [2.75, 3.05) is 38.3 Å². The molecule has 5 heteroatoms. The number of thiazole rings is 1. The number of ether oxygens (including phenoxy) is 1. The molecule has 0 saturated heterocycles. The van der Waals surface area contributed by atoms with Crippen molar-refractivity contribution in [2.24, 2.45) is 5.92 Å². The number of hydrogen-bond acceptors (Lipinski definition) is 5. The molecular formula is C16H31N3OS. The predicted molar refractivity (Wildman–Crippen MR) is 92.4 cm³/mol. The first-order valence-corrected chi connectivity index (χ1v) is 8.88. The lowest BCUT2D eigenvalue weighted by Crippen LogP contribution is -2.22.